The van der Waals surface area contributed by atoms with Gasteiger partial charge in [0, 0.05) is 6.42 Å². The summed E-state index contributed by atoms with van der Waals surface area (Å²) < 4.78 is 3.00. The molecule has 1 unspecified atom stereocenters. The van der Waals surface area contributed by atoms with Gasteiger partial charge in [-0.3, -0.25) is 4.79 Å². The predicted molar refractivity (Wildman–Crippen MR) is 113 cm³/mol. The molecule has 140 valence electrons. The van der Waals surface area contributed by atoms with E-state index in [4.69, 9.17) is 4.98 Å². The summed E-state index contributed by atoms with van der Waals surface area (Å²) >= 11 is 1.61. The third-order valence-corrected chi connectivity index (χ3v) is 6.59. The van der Waals surface area contributed by atoms with Crippen molar-refractivity contribution in [2.24, 2.45) is 0 Å². The summed E-state index contributed by atoms with van der Waals surface area (Å²) in [6.45, 7) is 4.39. The topological polar surface area (TPSA) is 47.8 Å². The summed E-state index contributed by atoms with van der Waals surface area (Å²) in [5, 5.41) is 5.35. The van der Waals surface area contributed by atoms with Crippen LogP contribution in [0.5, 0.6) is 0 Å². The minimum Gasteiger partial charge on any atom is -0.294 e. The van der Waals surface area contributed by atoms with Crippen LogP contribution < -0.4 is 0 Å². The van der Waals surface area contributed by atoms with Crippen LogP contribution in [0.2, 0.25) is 0 Å². The molecule has 28 heavy (non-hydrogen) atoms. The summed E-state index contributed by atoms with van der Waals surface area (Å²) in [5.41, 5.74) is 5.24. The van der Waals surface area contributed by atoms with Gasteiger partial charge in [0.1, 0.15) is 0 Å². The van der Waals surface area contributed by atoms with E-state index in [1.807, 2.05) is 22.9 Å². The number of Topliss-reactive ketones (excluding diaryl/α,β-unsaturated/α-hetero) is 1. The number of hydrogen-bond acceptors (Lipinski definition) is 4. The zero-order valence-electron chi connectivity index (χ0n) is 15.9. The van der Waals surface area contributed by atoms with Gasteiger partial charge in [-0.2, -0.15) is 5.10 Å². The Balaban J connectivity index is 1.52. The van der Waals surface area contributed by atoms with Crippen LogP contribution in [-0.2, 0) is 6.42 Å². The number of hydrogen-bond donors (Lipinski definition) is 0. The number of aromatic nitrogens is 3. The van der Waals surface area contributed by atoms with Crippen molar-refractivity contribution in [3.8, 4) is 5.13 Å². The van der Waals surface area contributed by atoms with Crippen LogP contribution in [0, 0.1) is 0 Å². The maximum absolute atomic E-state index is 12.8. The normalized spacial score (nSPS) is 16.7. The molecule has 2 aromatic heterocycles. The number of carbonyl (C=O) groups is 1. The second kappa shape index (κ2) is 6.67. The zero-order chi connectivity index (χ0) is 19.3. The lowest BCUT2D eigenvalue weighted by Gasteiger charge is -2.23. The fraction of sp³-hybridized carbons (Fsp3) is 0.261. The van der Waals surface area contributed by atoms with Gasteiger partial charge in [0.25, 0.3) is 0 Å². The summed E-state index contributed by atoms with van der Waals surface area (Å²) in [5.74, 6) is 0.867. The average Bonchev–Trinajstić information content (AvgIpc) is 3.32. The van der Waals surface area contributed by atoms with Crippen LogP contribution in [-0.4, -0.2) is 20.5 Å². The average molecular weight is 388 g/mol. The molecule has 2 aromatic carbocycles. The Kier molecular flexibility index (Phi) is 4.13. The van der Waals surface area contributed by atoms with Crippen LogP contribution in [0.4, 0.5) is 0 Å². The van der Waals surface area contributed by atoms with Crippen molar-refractivity contribution in [3.05, 3.63) is 77.1 Å². The molecule has 2 heterocycles. The number of para-hydroxylation sites is 1. The lowest BCUT2D eigenvalue weighted by molar-refractivity contribution is 0.0963. The van der Waals surface area contributed by atoms with Crippen molar-refractivity contribution in [2.45, 2.75) is 38.5 Å². The van der Waals surface area contributed by atoms with Gasteiger partial charge >= 0.3 is 0 Å². The monoisotopic (exact) mass is 387 g/mol. The van der Waals surface area contributed by atoms with E-state index in [1.54, 1.807) is 17.5 Å². The molecular formula is C23H21N3OS. The first-order valence-electron chi connectivity index (χ1n) is 9.66. The highest BCUT2D eigenvalue weighted by atomic mass is 32.1. The first-order valence-corrected chi connectivity index (χ1v) is 10.5. The minimum absolute atomic E-state index is 0.173. The van der Waals surface area contributed by atoms with Gasteiger partial charge in [-0.25, -0.2) is 9.67 Å². The van der Waals surface area contributed by atoms with E-state index in [0.29, 0.717) is 12.3 Å². The first-order chi connectivity index (χ1) is 13.6. The van der Waals surface area contributed by atoms with Crippen LogP contribution in [0.3, 0.4) is 0 Å². The van der Waals surface area contributed by atoms with E-state index in [-0.39, 0.29) is 11.7 Å². The van der Waals surface area contributed by atoms with Crippen molar-refractivity contribution < 1.29 is 4.79 Å². The highest BCUT2D eigenvalue weighted by Gasteiger charge is 2.30. The van der Waals surface area contributed by atoms with E-state index < -0.39 is 0 Å². The van der Waals surface area contributed by atoms with E-state index in [1.165, 1.54) is 11.1 Å². The molecule has 4 aromatic rings. The molecular weight excluding hydrogens is 366 g/mol. The predicted octanol–water partition coefficient (Wildman–Crippen LogP) is 5.52. The highest BCUT2D eigenvalue weighted by Crippen LogP contribution is 2.35. The molecule has 1 aliphatic carbocycles. The Morgan fingerprint density at radius 3 is 2.61 bits per heavy atom. The molecule has 0 saturated carbocycles. The molecule has 1 atom stereocenters. The molecule has 0 fully saturated rings. The summed E-state index contributed by atoms with van der Waals surface area (Å²) in [6, 6.07) is 16.8. The third kappa shape index (κ3) is 2.87. The van der Waals surface area contributed by atoms with Gasteiger partial charge in [0.05, 0.1) is 27.7 Å². The Morgan fingerprint density at radius 1 is 1.07 bits per heavy atom. The Hall–Kier alpha value is -2.79. The molecule has 0 saturated heterocycles. The standard InChI is InChI=1S/C23H21N3OS/c1-14(2)15-7-9-16(10-8-15)17-11-20-18(21(27)12-17)13-24-26(20)23-25-19-5-3-4-6-22(19)28-23/h3-10,13-14,17H,11-12H2,1-2H3. The van der Waals surface area contributed by atoms with Crippen molar-refractivity contribution in [2.75, 3.05) is 0 Å². The minimum atomic E-state index is 0.173. The van der Waals surface area contributed by atoms with Crippen LogP contribution >= 0.6 is 11.3 Å². The van der Waals surface area contributed by atoms with Crippen molar-refractivity contribution >= 4 is 27.3 Å². The van der Waals surface area contributed by atoms with E-state index in [0.717, 1.165) is 33.0 Å². The summed E-state index contributed by atoms with van der Waals surface area (Å²) in [6.07, 6.45) is 3.05. The number of benzene rings is 2. The smallest absolute Gasteiger partial charge is 0.211 e. The fourth-order valence-corrected chi connectivity index (χ4v) is 4.90. The molecule has 0 radical (unpaired) electrons. The maximum atomic E-state index is 12.8. The maximum Gasteiger partial charge on any atom is 0.211 e. The molecule has 0 bridgehead atoms. The molecule has 0 amide bonds. The van der Waals surface area contributed by atoms with Gasteiger partial charge < -0.3 is 0 Å². The number of ketones is 1. The van der Waals surface area contributed by atoms with E-state index >= 15 is 0 Å². The van der Waals surface area contributed by atoms with Gasteiger partial charge in [-0.1, -0.05) is 61.6 Å². The molecule has 5 rings (SSSR count). The molecule has 5 heteroatoms. The van der Waals surface area contributed by atoms with Crippen LogP contribution in [0.25, 0.3) is 15.3 Å². The largest absolute Gasteiger partial charge is 0.294 e. The van der Waals surface area contributed by atoms with Gasteiger partial charge in [-0.05, 0) is 41.5 Å². The fourth-order valence-electron chi connectivity index (χ4n) is 3.95. The van der Waals surface area contributed by atoms with Gasteiger partial charge in [0.15, 0.2) is 5.78 Å². The van der Waals surface area contributed by atoms with E-state index in [2.05, 4.69) is 49.3 Å². The number of fused-ring (bicyclic) bond motifs is 2. The molecule has 0 aliphatic heterocycles. The quantitative estimate of drug-likeness (QED) is 0.465. The zero-order valence-corrected chi connectivity index (χ0v) is 16.7. The van der Waals surface area contributed by atoms with Gasteiger partial charge in [0.2, 0.25) is 5.13 Å². The lowest BCUT2D eigenvalue weighted by Crippen LogP contribution is -2.20. The number of thiazole rings is 1. The molecule has 1 aliphatic rings. The van der Waals surface area contributed by atoms with Crippen molar-refractivity contribution in [3.63, 3.8) is 0 Å². The van der Waals surface area contributed by atoms with Crippen molar-refractivity contribution in [1.29, 1.82) is 0 Å². The van der Waals surface area contributed by atoms with Crippen LogP contribution in [0.15, 0.2) is 54.7 Å². The second-order valence-corrected chi connectivity index (χ2v) is 8.74. The first kappa shape index (κ1) is 17.3. The lowest BCUT2D eigenvalue weighted by atomic mass is 9.82. The summed E-state index contributed by atoms with van der Waals surface area (Å²) in [7, 11) is 0. The Bertz CT molecular complexity index is 1140. The number of nitrogens with zero attached hydrogens (tertiary/aromatic N) is 3. The van der Waals surface area contributed by atoms with Crippen LogP contribution in [0.1, 0.15) is 59.3 Å². The Morgan fingerprint density at radius 2 is 1.86 bits per heavy atom. The Labute approximate surface area is 167 Å². The second-order valence-electron chi connectivity index (χ2n) is 7.73. The molecule has 4 nitrogen and oxygen atoms in total. The third-order valence-electron chi connectivity index (χ3n) is 5.58. The molecule has 0 spiro atoms. The summed E-state index contributed by atoms with van der Waals surface area (Å²) in [4.78, 5) is 17.5. The highest BCUT2D eigenvalue weighted by molar-refractivity contribution is 7.20. The number of rotatable bonds is 3. The SMILES string of the molecule is CC(C)c1ccc(C2CC(=O)c3cnn(-c4nc5ccccc5s4)c3C2)cc1. The number of carbonyl (C=O) groups excluding carboxylic acids is 1. The van der Waals surface area contributed by atoms with Gasteiger partial charge in [-0.15, -0.1) is 0 Å². The molecule has 0 N–H and O–H groups in total. The van der Waals surface area contributed by atoms with Crippen molar-refractivity contribution in [1.82, 2.24) is 14.8 Å². The van der Waals surface area contributed by atoms with E-state index in [9.17, 15) is 4.79 Å².